The average Bonchev–Trinajstić information content (AvgIpc) is 2.92. The number of aromatic amines is 1. The first-order chi connectivity index (χ1) is 9.84. The monoisotopic (exact) mass is 307 g/mol. The van der Waals surface area contributed by atoms with E-state index in [1.165, 1.54) is 16.5 Å². The summed E-state index contributed by atoms with van der Waals surface area (Å²) < 4.78 is 0. The Morgan fingerprint density at radius 2 is 1.95 bits per heavy atom. The van der Waals surface area contributed by atoms with Gasteiger partial charge in [0.25, 0.3) is 0 Å². The molecule has 21 heavy (non-hydrogen) atoms. The highest BCUT2D eigenvalue weighted by Gasteiger charge is 2.15. The summed E-state index contributed by atoms with van der Waals surface area (Å²) in [6.45, 7) is 3.56. The minimum atomic E-state index is 0. The van der Waals surface area contributed by atoms with E-state index in [2.05, 4.69) is 34.7 Å². The maximum atomic E-state index is 12.1. The molecule has 2 N–H and O–H groups in total. The molecular formula is C16H22ClN3O. The van der Waals surface area contributed by atoms with Crippen LogP contribution >= 0.6 is 12.4 Å². The molecule has 1 aromatic carbocycles. The van der Waals surface area contributed by atoms with E-state index in [0.29, 0.717) is 12.3 Å². The number of hydrogen-bond acceptors (Lipinski definition) is 2. The molecule has 0 bridgehead atoms. The van der Waals surface area contributed by atoms with Crippen molar-refractivity contribution in [3.63, 3.8) is 0 Å². The van der Waals surface area contributed by atoms with Crippen molar-refractivity contribution in [1.29, 1.82) is 0 Å². The summed E-state index contributed by atoms with van der Waals surface area (Å²) in [4.78, 5) is 17.3. The van der Waals surface area contributed by atoms with Crippen molar-refractivity contribution in [3.8, 4) is 0 Å². The molecule has 0 saturated carbocycles. The zero-order valence-electron chi connectivity index (χ0n) is 12.1. The lowest BCUT2D eigenvalue weighted by molar-refractivity contribution is -0.131. The Hall–Kier alpha value is -1.52. The third-order valence-corrected chi connectivity index (χ3v) is 3.98. The number of fused-ring (bicyclic) bond motifs is 1. The SMILES string of the molecule is Cl.O=C(CCCc1c[nH]c2ccccc12)N1CCNCC1. The molecule has 1 amide bonds. The van der Waals surface area contributed by atoms with Gasteiger partial charge in [-0.3, -0.25) is 4.79 Å². The molecule has 0 aliphatic carbocycles. The number of nitrogens with zero attached hydrogens (tertiary/aromatic N) is 1. The molecule has 0 radical (unpaired) electrons. The molecule has 1 aliphatic heterocycles. The molecule has 4 nitrogen and oxygen atoms in total. The first kappa shape index (κ1) is 15.9. The predicted octanol–water partition coefficient (Wildman–Crippen LogP) is 2.34. The van der Waals surface area contributed by atoms with Crippen LogP contribution in [0.4, 0.5) is 0 Å². The van der Waals surface area contributed by atoms with Gasteiger partial charge in [-0.25, -0.2) is 0 Å². The fraction of sp³-hybridized carbons (Fsp3) is 0.438. The Morgan fingerprint density at radius 3 is 2.76 bits per heavy atom. The summed E-state index contributed by atoms with van der Waals surface area (Å²) in [5.74, 6) is 0.298. The third kappa shape index (κ3) is 3.77. The molecule has 1 aliphatic rings. The highest BCUT2D eigenvalue weighted by atomic mass is 35.5. The number of aromatic nitrogens is 1. The van der Waals surface area contributed by atoms with E-state index < -0.39 is 0 Å². The number of hydrogen-bond donors (Lipinski definition) is 2. The molecule has 2 aromatic rings. The molecule has 1 saturated heterocycles. The van der Waals surface area contributed by atoms with Crippen molar-refractivity contribution < 1.29 is 4.79 Å². The lowest BCUT2D eigenvalue weighted by Crippen LogP contribution is -2.46. The number of carbonyl (C=O) groups excluding carboxylic acids is 1. The van der Waals surface area contributed by atoms with Gasteiger partial charge in [-0.15, -0.1) is 12.4 Å². The van der Waals surface area contributed by atoms with Crippen LogP contribution in [-0.2, 0) is 11.2 Å². The van der Waals surface area contributed by atoms with E-state index in [-0.39, 0.29) is 12.4 Å². The lowest BCUT2D eigenvalue weighted by atomic mass is 10.1. The zero-order valence-corrected chi connectivity index (χ0v) is 12.9. The van der Waals surface area contributed by atoms with Crippen molar-refractivity contribution in [1.82, 2.24) is 15.2 Å². The number of para-hydroxylation sites is 1. The normalized spacial score (nSPS) is 15.0. The van der Waals surface area contributed by atoms with Gasteiger partial charge < -0.3 is 15.2 Å². The first-order valence-electron chi connectivity index (χ1n) is 7.38. The standard InChI is InChI=1S/C16H21N3O.ClH/c20-16(19-10-8-17-9-11-19)7-3-4-13-12-18-15-6-2-1-5-14(13)15;/h1-2,5-6,12,17-18H,3-4,7-11H2;1H. The Balaban J connectivity index is 0.00000161. The Morgan fingerprint density at radius 1 is 1.19 bits per heavy atom. The summed E-state index contributed by atoms with van der Waals surface area (Å²) in [5, 5.41) is 4.55. The smallest absolute Gasteiger partial charge is 0.222 e. The first-order valence-corrected chi connectivity index (χ1v) is 7.38. The second kappa shape index (κ2) is 7.48. The van der Waals surface area contributed by atoms with Crippen LogP contribution in [0.25, 0.3) is 10.9 Å². The van der Waals surface area contributed by atoms with Crippen LogP contribution in [0.1, 0.15) is 18.4 Å². The molecule has 0 atom stereocenters. The van der Waals surface area contributed by atoms with Crippen LogP contribution in [0, 0.1) is 0 Å². The average molecular weight is 308 g/mol. The summed E-state index contributed by atoms with van der Waals surface area (Å²) >= 11 is 0. The maximum absolute atomic E-state index is 12.1. The summed E-state index contributed by atoms with van der Waals surface area (Å²) in [6.07, 6.45) is 4.60. The third-order valence-electron chi connectivity index (χ3n) is 3.98. The van der Waals surface area contributed by atoms with Crippen LogP contribution in [-0.4, -0.2) is 42.0 Å². The van der Waals surface area contributed by atoms with E-state index in [9.17, 15) is 4.79 Å². The van der Waals surface area contributed by atoms with Crippen molar-refractivity contribution in [3.05, 3.63) is 36.0 Å². The molecular weight excluding hydrogens is 286 g/mol. The fourth-order valence-electron chi connectivity index (χ4n) is 2.84. The van der Waals surface area contributed by atoms with Crippen LogP contribution in [0.15, 0.2) is 30.5 Å². The molecule has 2 heterocycles. The number of H-pyrrole nitrogens is 1. The second-order valence-electron chi connectivity index (χ2n) is 5.34. The number of amides is 1. The van der Waals surface area contributed by atoms with Gasteiger partial charge in [0.15, 0.2) is 0 Å². The minimum absolute atomic E-state index is 0. The van der Waals surface area contributed by atoms with Gasteiger partial charge in [0, 0.05) is 49.7 Å². The highest BCUT2D eigenvalue weighted by Crippen LogP contribution is 2.19. The number of piperazine rings is 1. The van der Waals surface area contributed by atoms with Crippen molar-refractivity contribution in [2.75, 3.05) is 26.2 Å². The summed E-state index contributed by atoms with van der Waals surface area (Å²) in [6, 6.07) is 8.33. The Kier molecular flexibility index (Phi) is 5.65. The maximum Gasteiger partial charge on any atom is 0.222 e. The molecule has 114 valence electrons. The van der Waals surface area contributed by atoms with Gasteiger partial charge >= 0.3 is 0 Å². The van der Waals surface area contributed by atoms with Crippen LogP contribution in [0.5, 0.6) is 0 Å². The van der Waals surface area contributed by atoms with Gasteiger partial charge in [0.05, 0.1) is 0 Å². The second-order valence-corrected chi connectivity index (χ2v) is 5.34. The number of benzene rings is 1. The number of rotatable bonds is 4. The van der Waals surface area contributed by atoms with Crippen molar-refractivity contribution in [2.45, 2.75) is 19.3 Å². The molecule has 3 rings (SSSR count). The molecule has 0 unspecified atom stereocenters. The number of aryl methyl sites for hydroxylation is 1. The number of halogens is 1. The topological polar surface area (TPSA) is 48.1 Å². The van der Waals surface area contributed by atoms with E-state index >= 15 is 0 Å². The zero-order chi connectivity index (χ0) is 13.8. The largest absolute Gasteiger partial charge is 0.361 e. The molecule has 1 fully saturated rings. The Bertz CT molecular complexity index is 590. The van der Waals surface area contributed by atoms with Crippen LogP contribution in [0.3, 0.4) is 0 Å². The molecule has 1 aromatic heterocycles. The van der Waals surface area contributed by atoms with Crippen LogP contribution in [0.2, 0.25) is 0 Å². The highest BCUT2D eigenvalue weighted by molar-refractivity contribution is 5.85. The summed E-state index contributed by atoms with van der Waals surface area (Å²) in [7, 11) is 0. The van der Waals surface area contributed by atoms with Crippen molar-refractivity contribution >= 4 is 29.2 Å². The van der Waals surface area contributed by atoms with E-state index in [0.717, 1.165) is 39.0 Å². The minimum Gasteiger partial charge on any atom is -0.361 e. The van der Waals surface area contributed by atoms with Gasteiger partial charge in [0.1, 0.15) is 0 Å². The quantitative estimate of drug-likeness (QED) is 0.911. The molecule has 0 spiro atoms. The van der Waals surface area contributed by atoms with E-state index in [1.54, 1.807) is 0 Å². The lowest BCUT2D eigenvalue weighted by Gasteiger charge is -2.27. The van der Waals surface area contributed by atoms with E-state index in [4.69, 9.17) is 0 Å². The predicted molar refractivity (Wildman–Crippen MR) is 87.9 cm³/mol. The van der Waals surface area contributed by atoms with Crippen LogP contribution < -0.4 is 5.32 Å². The number of nitrogens with one attached hydrogen (secondary N) is 2. The Labute approximate surface area is 131 Å². The fourth-order valence-corrected chi connectivity index (χ4v) is 2.84. The number of carbonyl (C=O) groups is 1. The van der Waals surface area contributed by atoms with Gasteiger partial charge in [-0.2, -0.15) is 0 Å². The van der Waals surface area contributed by atoms with E-state index in [1.807, 2.05) is 11.0 Å². The summed E-state index contributed by atoms with van der Waals surface area (Å²) in [5.41, 5.74) is 2.49. The van der Waals surface area contributed by atoms with Crippen molar-refractivity contribution in [2.24, 2.45) is 0 Å². The molecule has 5 heteroatoms. The van der Waals surface area contributed by atoms with Gasteiger partial charge in [-0.1, -0.05) is 18.2 Å². The van der Waals surface area contributed by atoms with Gasteiger partial charge in [-0.05, 0) is 24.5 Å². The van der Waals surface area contributed by atoms with Gasteiger partial charge in [0.2, 0.25) is 5.91 Å².